The first kappa shape index (κ1) is 31.4. The van der Waals surface area contributed by atoms with Gasteiger partial charge >= 0.3 is 0 Å². The fourth-order valence-corrected chi connectivity index (χ4v) is 5.98. The van der Waals surface area contributed by atoms with E-state index in [4.69, 9.17) is 11.6 Å². The van der Waals surface area contributed by atoms with Gasteiger partial charge < -0.3 is 19.3 Å². The van der Waals surface area contributed by atoms with Crippen LogP contribution >= 0.6 is 11.6 Å². The molecule has 0 radical (unpaired) electrons. The normalized spacial score (nSPS) is 16.3. The average Bonchev–Trinajstić information content (AvgIpc) is 2.99. The molecule has 2 aliphatic rings. The van der Waals surface area contributed by atoms with E-state index in [2.05, 4.69) is 11.8 Å². The Bertz CT molecular complexity index is 1810. The zero-order valence-corrected chi connectivity index (χ0v) is 24.9. The molecule has 0 saturated heterocycles. The van der Waals surface area contributed by atoms with Gasteiger partial charge in [0.25, 0.3) is 0 Å². The molecular weight excluding hydrogens is 597 g/mol. The summed E-state index contributed by atoms with van der Waals surface area (Å²) in [5.41, 5.74) is 1.79. The number of pyridine rings is 2. The highest BCUT2D eigenvalue weighted by Crippen LogP contribution is 2.30. The second kappa shape index (κ2) is 12.9. The minimum Gasteiger partial charge on any atom is -0.503 e. The lowest BCUT2D eigenvalue weighted by Gasteiger charge is -2.35. The third-order valence-corrected chi connectivity index (χ3v) is 8.65. The number of rotatable bonds is 4. The quantitative estimate of drug-likeness (QED) is 0.297. The number of aromatic hydroxyl groups is 2. The molecule has 4 heterocycles. The van der Waals surface area contributed by atoms with E-state index < -0.39 is 28.9 Å². The van der Waals surface area contributed by atoms with E-state index >= 15 is 0 Å². The minimum absolute atomic E-state index is 0.0583. The predicted octanol–water partition coefficient (Wildman–Crippen LogP) is 5.33. The zero-order valence-electron chi connectivity index (χ0n) is 24.2. The fourth-order valence-electron chi connectivity index (χ4n) is 5.69. The van der Waals surface area contributed by atoms with Gasteiger partial charge in [-0.15, -0.1) is 0 Å². The van der Waals surface area contributed by atoms with Crippen molar-refractivity contribution < 1.29 is 23.4 Å². The number of halogens is 4. The molecule has 0 bridgehead atoms. The molecule has 0 spiro atoms. The topological polar surface area (TPSA) is 90.9 Å². The van der Waals surface area contributed by atoms with Crippen molar-refractivity contribution in [1.29, 1.82) is 0 Å². The summed E-state index contributed by atoms with van der Waals surface area (Å²) in [6, 6.07) is 11.8. The summed E-state index contributed by atoms with van der Waals surface area (Å²) >= 11 is 6.27. The predicted molar refractivity (Wildman–Crippen MR) is 160 cm³/mol. The summed E-state index contributed by atoms with van der Waals surface area (Å²) in [5.74, 6) is -3.62. The van der Waals surface area contributed by atoms with E-state index in [0.29, 0.717) is 37.9 Å². The second-order valence-corrected chi connectivity index (χ2v) is 11.4. The summed E-state index contributed by atoms with van der Waals surface area (Å²) < 4.78 is 44.4. The maximum atomic E-state index is 13.9. The van der Waals surface area contributed by atoms with Gasteiger partial charge in [-0.2, -0.15) is 0 Å². The Balaban J connectivity index is 0.000000175. The van der Waals surface area contributed by atoms with Gasteiger partial charge in [0.15, 0.2) is 23.1 Å². The maximum Gasteiger partial charge on any atom is 0.223 e. The SMILES string of the molecule is CC(c1cc(F)cc(F)c1F)N1CCn2cc(O)c(=O)cc2C1.CC(c1ccccc1Cl)N1CCn2cc(O)c(=O)cc2C1. The molecule has 2 aliphatic heterocycles. The van der Waals surface area contributed by atoms with Crippen molar-refractivity contribution in [1.82, 2.24) is 18.9 Å². The summed E-state index contributed by atoms with van der Waals surface area (Å²) in [7, 11) is 0. The molecule has 2 unspecified atom stereocenters. The number of hydrogen-bond acceptors (Lipinski definition) is 6. The van der Waals surface area contributed by atoms with Crippen LogP contribution in [0.2, 0.25) is 5.02 Å². The Morgan fingerprint density at radius 1 is 0.727 bits per heavy atom. The van der Waals surface area contributed by atoms with Crippen LogP contribution in [0.3, 0.4) is 0 Å². The first-order valence-corrected chi connectivity index (χ1v) is 14.5. The van der Waals surface area contributed by atoms with Crippen LogP contribution in [0.4, 0.5) is 13.2 Å². The van der Waals surface area contributed by atoms with Crippen molar-refractivity contribution in [2.24, 2.45) is 0 Å². The van der Waals surface area contributed by atoms with Gasteiger partial charge in [-0.3, -0.25) is 19.4 Å². The van der Waals surface area contributed by atoms with Crippen LogP contribution in [-0.4, -0.2) is 42.2 Å². The summed E-state index contributed by atoms with van der Waals surface area (Å²) in [5, 5.41) is 19.7. The van der Waals surface area contributed by atoms with Gasteiger partial charge in [0.1, 0.15) is 5.82 Å². The van der Waals surface area contributed by atoms with E-state index in [1.54, 1.807) is 11.5 Å². The number of hydrogen-bond donors (Lipinski definition) is 2. The second-order valence-electron chi connectivity index (χ2n) is 11.0. The van der Waals surface area contributed by atoms with Crippen LogP contribution < -0.4 is 10.9 Å². The Morgan fingerprint density at radius 3 is 1.75 bits per heavy atom. The first-order chi connectivity index (χ1) is 20.9. The molecule has 6 rings (SSSR count). The molecule has 2 aromatic heterocycles. The smallest absolute Gasteiger partial charge is 0.223 e. The van der Waals surface area contributed by atoms with E-state index in [0.717, 1.165) is 35.4 Å². The van der Waals surface area contributed by atoms with Crippen molar-refractivity contribution in [2.75, 3.05) is 13.1 Å². The number of fused-ring (bicyclic) bond motifs is 2. The molecule has 44 heavy (non-hydrogen) atoms. The molecule has 232 valence electrons. The van der Waals surface area contributed by atoms with Crippen molar-refractivity contribution >= 4 is 11.6 Å². The highest BCUT2D eigenvalue weighted by atomic mass is 35.5. The Morgan fingerprint density at radius 2 is 1.23 bits per heavy atom. The van der Waals surface area contributed by atoms with Crippen molar-refractivity contribution in [3.05, 3.63) is 126 Å². The van der Waals surface area contributed by atoms with Crippen LogP contribution in [0.5, 0.6) is 11.5 Å². The van der Waals surface area contributed by atoms with Gasteiger partial charge in [-0.05, 0) is 31.5 Å². The molecule has 2 aromatic carbocycles. The van der Waals surface area contributed by atoms with E-state index in [1.165, 1.54) is 24.5 Å². The Labute approximate surface area is 256 Å². The molecular formula is C32H32ClF3N4O4. The van der Waals surface area contributed by atoms with E-state index in [-0.39, 0.29) is 28.5 Å². The van der Waals surface area contributed by atoms with Crippen molar-refractivity contribution in [3.8, 4) is 11.5 Å². The van der Waals surface area contributed by atoms with Gasteiger partial charge in [0.05, 0.1) is 12.4 Å². The van der Waals surface area contributed by atoms with Gasteiger partial charge in [-0.1, -0.05) is 29.8 Å². The maximum absolute atomic E-state index is 13.9. The minimum atomic E-state index is -1.22. The zero-order chi connectivity index (χ0) is 31.7. The largest absolute Gasteiger partial charge is 0.503 e. The van der Waals surface area contributed by atoms with Crippen LogP contribution in [-0.2, 0) is 26.2 Å². The molecule has 4 aromatic rings. The standard InChI is InChI=1S/C16H17ClN2O2.C16H15F3N2O2/c1-11(13-4-2-3-5-14(13)17)18-6-7-19-10-16(21)15(20)8-12(19)9-18;1-9(12-4-10(17)5-13(18)16(12)19)20-2-3-21-8-15(23)14(22)6-11(21)7-20/h2-5,8,10-11,21H,6-7,9H2,1H3;4-6,8-9,23H,2-3,7H2,1H3. The van der Waals surface area contributed by atoms with Gasteiger partial charge in [0, 0.05) is 91.5 Å². The summed E-state index contributed by atoms with van der Waals surface area (Å²) in [6.07, 6.45) is 2.89. The lowest BCUT2D eigenvalue weighted by Crippen LogP contribution is -2.37. The fraction of sp³-hybridized carbons (Fsp3) is 0.312. The average molecular weight is 629 g/mol. The third-order valence-electron chi connectivity index (χ3n) is 8.30. The van der Waals surface area contributed by atoms with Crippen LogP contribution in [0.25, 0.3) is 0 Å². The van der Waals surface area contributed by atoms with Gasteiger partial charge in [-0.25, -0.2) is 13.2 Å². The summed E-state index contributed by atoms with van der Waals surface area (Å²) in [4.78, 5) is 27.2. The van der Waals surface area contributed by atoms with Crippen molar-refractivity contribution in [2.45, 2.75) is 52.1 Å². The van der Waals surface area contributed by atoms with E-state index in [9.17, 15) is 33.0 Å². The number of nitrogens with zero attached hydrogens (tertiary/aromatic N) is 4. The molecule has 2 N–H and O–H groups in total. The summed E-state index contributed by atoms with van der Waals surface area (Å²) in [6.45, 7) is 7.33. The number of aromatic nitrogens is 2. The molecule has 0 fully saturated rings. The third kappa shape index (κ3) is 6.54. The van der Waals surface area contributed by atoms with Crippen LogP contribution in [0.15, 0.2) is 70.5 Å². The Hall–Kier alpha value is -4.06. The number of benzene rings is 2. The van der Waals surface area contributed by atoms with Crippen LogP contribution in [0.1, 0.15) is 48.4 Å². The van der Waals surface area contributed by atoms with Crippen molar-refractivity contribution in [3.63, 3.8) is 0 Å². The molecule has 0 saturated carbocycles. The molecule has 0 aliphatic carbocycles. The monoisotopic (exact) mass is 628 g/mol. The highest BCUT2D eigenvalue weighted by molar-refractivity contribution is 6.31. The molecule has 8 nitrogen and oxygen atoms in total. The lowest BCUT2D eigenvalue weighted by atomic mass is 10.0. The first-order valence-electron chi connectivity index (χ1n) is 14.1. The molecule has 12 heteroatoms. The van der Waals surface area contributed by atoms with E-state index in [1.807, 2.05) is 33.7 Å². The highest BCUT2D eigenvalue weighted by Gasteiger charge is 2.26. The molecule has 0 amide bonds. The van der Waals surface area contributed by atoms with Crippen LogP contribution in [0, 0.1) is 17.5 Å². The lowest BCUT2D eigenvalue weighted by molar-refractivity contribution is 0.161. The van der Waals surface area contributed by atoms with Gasteiger partial charge in [0.2, 0.25) is 10.9 Å². The Kier molecular flexibility index (Phi) is 9.19. The molecule has 2 atom stereocenters.